The van der Waals surface area contributed by atoms with E-state index in [0.717, 1.165) is 146 Å². The first kappa shape index (κ1) is 55.8. The van der Waals surface area contributed by atoms with E-state index in [4.69, 9.17) is 14.2 Å². The maximum absolute atomic E-state index is 12.7. The van der Waals surface area contributed by atoms with Gasteiger partial charge >= 0.3 is 0 Å². The van der Waals surface area contributed by atoms with E-state index in [1.54, 1.807) is 0 Å². The van der Waals surface area contributed by atoms with Crippen LogP contribution in [-0.2, 0) is 26.8 Å². The third kappa shape index (κ3) is 7.88. The molecule has 0 saturated carbocycles. The van der Waals surface area contributed by atoms with E-state index in [2.05, 4.69) is 317 Å². The molecule has 0 radical (unpaired) electrons. The van der Waals surface area contributed by atoms with Crippen molar-refractivity contribution in [1.29, 1.82) is 10.5 Å². The summed E-state index contributed by atoms with van der Waals surface area (Å²) in [5, 5.41) is 25.4. The quantitative estimate of drug-likeness (QED) is 0.164. The summed E-state index contributed by atoms with van der Waals surface area (Å²) in [6.07, 6.45) is 0. The summed E-state index contributed by atoms with van der Waals surface area (Å²) in [6, 6.07) is 109. The lowest BCUT2D eigenvalue weighted by molar-refractivity contribution is -0.104. The van der Waals surface area contributed by atoms with Gasteiger partial charge in [-0.1, -0.05) is 218 Å². The van der Waals surface area contributed by atoms with Gasteiger partial charge < -0.3 is 24.0 Å². The molecular weight excluding hydrogens is 1160 g/mol. The molecule has 0 fully saturated rings. The van der Waals surface area contributed by atoms with Crippen molar-refractivity contribution < 1.29 is 14.2 Å². The van der Waals surface area contributed by atoms with Crippen LogP contribution in [0.25, 0.3) is 44.5 Å². The first-order valence-corrected chi connectivity index (χ1v) is 32.4. The number of nitriles is 2. The highest BCUT2D eigenvalue weighted by Gasteiger charge is 2.58. The normalized spacial score (nSPS) is 15.3. The Hall–Kier alpha value is -12.0. The Balaban J connectivity index is 0.991. The summed E-state index contributed by atoms with van der Waals surface area (Å²) in [7, 11) is 0. The second-order valence-corrected chi connectivity index (χ2v) is 26.3. The van der Waals surface area contributed by atoms with E-state index in [-0.39, 0.29) is 11.1 Å². The second-order valence-electron chi connectivity index (χ2n) is 26.3. The lowest BCUT2D eigenvalue weighted by Crippen LogP contribution is -2.41. The zero-order valence-electron chi connectivity index (χ0n) is 52.7. The Morgan fingerprint density at radius 3 is 0.768 bits per heavy atom. The van der Waals surface area contributed by atoms with Gasteiger partial charge in [-0.3, -0.25) is 0 Å². The van der Waals surface area contributed by atoms with Crippen molar-refractivity contribution in [2.75, 3.05) is 9.80 Å². The molecule has 5 aliphatic rings. The van der Waals surface area contributed by atoms with Gasteiger partial charge in [0.1, 0.15) is 35.1 Å². The van der Waals surface area contributed by atoms with Gasteiger partial charge in [0.05, 0.1) is 67.3 Å². The summed E-state index contributed by atoms with van der Waals surface area (Å²) in [5.74, 6) is 3.00. The monoisotopic (exact) mass is 1220 g/mol. The fourth-order valence-electron chi connectivity index (χ4n) is 16.8. The number of anilines is 6. The van der Waals surface area contributed by atoms with Gasteiger partial charge in [0.2, 0.25) is 0 Å². The molecule has 0 aromatic heterocycles. The van der Waals surface area contributed by atoms with E-state index in [1.165, 1.54) is 0 Å². The van der Waals surface area contributed by atoms with E-state index in [1.807, 2.05) is 24.3 Å². The summed E-state index contributed by atoms with van der Waals surface area (Å²) in [5.41, 5.74) is 18.7. The standard InChI is InChI=1S/C88H60N4O3/c1-85(2)81-82(86(3,4)95-85)84(92-75-47-43-61(57-29-13-7-14-30-57)51-71(75)88(72-52-62(44-48-76(72)92)58-31-15-8-16-32-58)67-35-19-23-39-79(67)94-80-40-24-20-36-68(80)88)64(54-90)63(53-89)83(81)91-73-45-41-59(55-25-9-5-10-26-55)49-69(73)87(70-50-60(42-46-74(70)91)56-27-11-6-12-28-56)65-33-17-21-37-77(65)93-78-38-22-18-34-66(78)87/h5-52H,1-4H3. The van der Waals surface area contributed by atoms with Crippen LogP contribution in [0.15, 0.2) is 291 Å². The number of benzene rings is 13. The molecule has 0 bridgehead atoms. The number of ether oxygens (including phenoxy) is 3. The molecule has 0 saturated heterocycles. The van der Waals surface area contributed by atoms with Gasteiger partial charge in [-0.25, -0.2) is 0 Å². The van der Waals surface area contributed by atoms with E-state index in [0.29, 0.717) is 11.4 Å². The van der Waals surface area contributed by atoms with Gasteiger partial charge in [-0.05, 0) is 167 Å². The number of nitrogens with zero attached hydrogens (tertiary/aromatic N) is 4. The lowest BCUT2D eigenvalue weighted by Gasteiger charge is -2.50. The van der Waals surface area contributed by atoms with Gasteiger partial charge in [0.15, 0.2) is 0 Å². The zero-order valence-corrected chi connectivity index (χ0v) is 52.7. The van der Waals surface area contributed by atoms with Gasteiger partial charge in [0, 0.05) is 33.4 Å². The van der Waals surface area contributed by atoms with Crippen molar-refractivity contribution in [3.63, 3.8) is 0 Å². The predicted octanol–water partition coefficient (Wildman–Crippen LogP) is 22.1. The molecule has 7 heteroatoms. The third-order valence-electron chi connectivity index (χ3n) is 20.4. The lowest BCUT2D eigenvalue weighted by atomic mass is 9.60. The van der Waals surface area contributed by atoms with Crippen LogP contribution in [-0.4, -0.2) is 0 Å². The van der Waals surface area contributed by atoms with Crippen LogP contribution in [0.4, 0.5) is 34.1 Å². The zero-order chi connectivity index (χ0) is 64.0. The van der Waals surface area contributed by atoms with E-state index >= 15 is 0 Å². The molecule has 7 nitrogen and oxygen atoms in total. The second kappa shape index (κ2) is 20.8. The Kier molecular flexibility index (Phi) is 12.2. The highest BCUT2D eigenvalue weighted by molar-refractivity contribution is 6.02. The van der Waals surface area contributed by atoms with Crippen LogP contribution >= 0.6 is 0 Å². The minimum atomic E-state index is -1.07. The highest BCUT2D eigenvalue weighted by atomic mass is 16.5. The minimum Gasteiger partial charge on any atom is -0.457 e. The van der Waals surface area contributed by atoms with Crippen molar-refractivity contribution in [2.24, 2.45) is 0 Å². The van der Waals surface area contributed by atoms with Crippen LogP contribution in [0.5, 0.6) is 23.0 Å². The van der Waals surface area contributed by atoms with Crippen LogP contribution in [0.2, 0.25) is 0 Å². The molecule has 13 aromatic carbocycles. The summed E-state index contributed by atoms with van der Waals surface area (Å²) >= 11 is 0. The molecule has 0 aliphatic carbocycles. The summed E-state index contributed by atoms with van der Waals surface area (Å²) in [4.78, 5) is 4.60. The molecule has 18 rings (SSSR count). The Bertz CT molecular complexity index is 4840. The fraction of sp³-hybridized carbons (Fsp3) is 0.0909. The molecule has 2 spiro atoms. The molecule has 0 unspecified atom stereocenters. The molecule has 0 atom stereocenters. The van der Waals surface area contributed by atoms with E-state index in [9.17, 15) is 10.5 Å². The van der Waals surface area contributed by atoms with Gasteiger partial charge in [-0.15, -0.1) is 0 Å². The predicted molar refractivity (Wildman–Crippen MR) is 378 cm³/mol. The summed E-state index contributed by atoms with van der Waals surface area (Å²) in [6.45, 7) is 8.49. The first-order valence-electron chi connectivity index (χ1n) is 32.4. The van der Waals surface area contributed by atoms with Crippen molar-refractivity contribution >= 4 is 34.1 Å². The molecular formula is C88H60N4O3. The molecule has 450 valence electrons. The van der Waals surface area contributed by atoms with Crippen molar-refractivity contribution in [3.05, 3.63) is 358 Å². The topological polar surface area (TPSA) is 81.8 Å². The Morgan fingerprint density at radius 1 is 0.274 bits per heavy atom. The number of rotatable bonds is 6. The Morgan fingerprint density at radius 2 is 0.516 bits per heavy atom. The largest absolute Gasteiger partial charge is 0.457 e. The molecule has 5 aliphatic heterocycles. The third-order valence-corrected chi connectivity index (χ3v) is 20.4. The minimum absolute atomic E-state index is 0.225. The first-order chi connectivity index (χ1) is 46.5. The Labute approximate surface area is 552 Å². The van der Waals surface area contributed by atoms with Crippen molar-refractivity contribution in [3.8, 4) is 79.6 Å². The fourth-order valence-corrected chi connectivity index (χ4v) is 16.8. The number of hydrogen-bond acceptors (Lipinski definition) is 7. The van der Waals surface area contributed by atoms with Crippen LogP contribution in [0.3, 0.4) is 0 Å². The maximum Gasteiger partial charge on any atom is 0.132 e. The van der Waals surface area contributed by atoms with Crippen LogP contribution in [0, 0.1) is 22.7 Å². The average Bonchev–Trinajstić information content (AvgIpc) is 1.55. The van der Waals surface area contributed by atoms with Crippen LogP contribution < -0.4 is 19.3 Å². The molecule has 0 N–H and O–H groups in total. The maximum atomic E-state index is 12.7. The van der Waals surface area contributed by atoms with Gasteiger partial charge in [0.25, 0.3) is 0 Å². The molecule has 13 aromatic rings. The smallest absolute Gasteiger partial charge is 0.132 e. The van der Waals surface area contributed by atoms with Crippen molar-refractivity contribution in [1.82, 2.24) is 0 Å². The number of fused-ring (bicyclic) bond motifs is 17. The average molecular weight is 1220 g/mol. The number of para-hydroxylation sites is 4. The molecule has 0 amide bonds. The number of hydrogen-bond donors (Lipinski definition) is 0. The van der Waals surface area contributed by atoms with Crippen LogP contribution in [0.1, 0.15) is 94.5 Å². The van der Waals surface area contributed by atoms with Crippen molar-refractivity contribution in [2.45, 2.75) is 49.7 Å². The molecule has 95 heavy (non-hydrogen) atoms. The summed E-state index contributed by atoms with van der Waals surface area (Å²) < 4.78 is 21.6. The SMILES string of the molecule is CC1(C)OC(C)(C)c2c(N3c4ccc(-c5ccccc5)cc4C4(c5ccccc5Oc5ccccc54)c4cc(-c5ccccc5)ccc43)c(C#N)c(C#N)c(N3c4ccc(-c5ccccc5)cc4C4(c5ccccc5Oc5ccccc54)c4cc(-c5ccccc5)ccc43)c21. The molecule has 5 heterocycles. The highest BCUT2D eigenvalue weighted by Crippen LogP contribution is 2.69. The van der Waals surface area contributed by atoms with E-state index < -0.39 is 22.0 Å². The van der Waals surface area contributed by atoms with Gasteiger partial charge in [-0.2, -0.15) is 10.5 Å².